The third-order valence-electron chi connectivity index (χ3n) is 7.98. The van der Waals surface area contributed by atoms with Crippen molar-refractivity contribution in [3.8, 4) is 0 Å². The van der Waals surface area contributed by atoms with E-state index in [1.807, 2.05) is 23.5 Å². The van der Waals surface area contributed by atoms with E-state index in [0.717, 1.165) is 48.3 Å². The summed E-state index contributed by atoms with van der Waals surface area (Å²) < 4.78 is 2.29. The van der Waals surface area contributed by atoms with E-state index in [-0.39, 0.29) is 19.3 Å². The maximum Gasteiger partial charge on any atom is 0.333 e. The molecule has 0 spiro atoms. The van der Waals surface area contributed by atoms with Crippen molar-refractivity contribution < 1.29 is 23.7 Å². The second-order valence-corrected chi connectivity index (χ2v) is 15.2. The van der Waals surface area contributed by atoms with Crippen LogP contribution in [0.2, 0.25) is 0 Å². The minimum absolute atomic E-state index is 0.106. The van der Waals surface area contributed by atoms with Gasteiger partial charge in [0, 0.05) is 70.3 Å². The first-order valence-electron chi connectivity index (χ1n) is 16.1. The van der Waals surface area contributed by atoms with E-state index in [2.05, 4.69) is 105 Å². The van der Waals surface area contributed by atoms with E-state index in [1.54, 1.807) is 0 Å². The van der Waals surface area contributed by atoms with Crippen molar-refractivity contribution in [1.82, 2.24) is 5.06 Å². The highest BCUT2D eigenvalue weighted by Crippen LogP contribution is 2.50. The van der Waals surface area contributed by atoms with Crippen LogP contribution in [0.4, 0.5) is 11.4 Å². The standard InChI is InChI=1S/C37H44N3O4S2/c1-40(2,3)24-14-26-46-37(45-25-13-5-8-21-35(43)44-39-33(41)22-23-34(39)42)36-29-17-9-11-19-31(29)38(27-28-15-6-4-7-16-28)32-20-12-10-18-30(32)36/h4,6-7,9-12,15-20H,5,8,13-14,21-27H2,1-3H3/q+1. The van der Waals surface area contributed by atoms with Gasteiger partial charge in [-0.2, -0.15) is 0 Å². The zero-order valence-corrected chi connectivity index (χ0v) is 28.7. The molecule has 0 radical (unpaired) electrons. The van der Waals surface area contributed by atoms with Crippen molar-refractivity contribution in [2.75, 3.05) is 44.1 Å². The zero-order valence-electron chi connectivity index (χ0n) is 27.1. The average Bonchev–Trinajstić information content (AvgIpc) is 3.36. The Hall–Kier alpha value is -3.53. The normalized spacial score (nSPS) is 14.4. The van der Waals surface area contributed by atoms with Crippen LogP contribution in [0, 0.1) is 0 Å². The molecule has 0 unspecified atom stereocenters. The summed E-state index contributed by atoms with van der Waals surface area (Å²) in [7, 11) is 6.72. The van der Waals surface area contributed by atoms with Crippen LogP contribution in [0.5, 0.6) is 0 Å². The number of carbonyl (C=O) groups is 3. The summed E-state index contributed by atoms with van der Waals surface area (Å²) in [6.45, 7) is 1.91. The summed E-state index contributed by atoms with van der Waals surface area (Å²) in [6.07, 6.45) is 3.98. The molecule has 46 heavy (non-hydrogen) atoms. The molecule has 5 rings (SSSR count). The number of anilines is 2. The van der Waals surface area contributed by atoms with Gasteiger partial charge in [-0.05, 0) is 36.3 Å². The highest BCUT2D eigenvalue weighted by atomic mass is 32.2. The smallest absolute Gasteiger partial charge is 0.333 e. The molecule has 9 heteroatoms. The van der Waals surface area contributed by atoms with Crippen molar-refractivity contribution in [3.05, 3.63) is 99.8 Å². The number of hydrogen-bond acceptors (Lipinski definition) is 7. The summed E-state index contributed by atoms with van der Waals surface area (Å²) >= 11 is 3.87. The lowest BCUT2D eigenvalue weighted by molar-refractivity contribution is -0.870. The van der Waals surface area contributed by atoms with E-state index in [9.17, 15) is 14.4 Å². The Morgan fingerprint density at radius 3 is 1.91 bits per heavy atom. The maximum absolute atomic E-state index is 12.2. The molecule has 7 nitrogen and oxygen atoms in total. The van der Waals surface area contributed by atoms with Gasteiger partial charge in [0.1, 0.15) is 0 Å². The molecule has 2 aliphatic heterocycles. The van der Waals surface area contributed by atoms with Crippen LogP contribution < -0.4 is 4.90 Å². The van der Waals surface area contributed by atoms with Crippen molar-refractivity contribution in [2.45, 2.75) is 51.5 Å². The number of benzene rings is 3. The molecule has 242 valence electrons. The van der Waals surface area contributed by atoms with Crippen LogP contribution >= 0.6 is 23.5 Å². The number of unbranched alkanes of at least 4 members (excludes halogenated alkanes) is 2. The Balaban J connectivity index is 1.32. The lowest BCUT2D eigenvalue weighted by Gasteiger charge is -2.35. The molecule has 2 aliphatic rings. The molecule has 3 aromatic rings. The zero-order chi connectivity index (χ0) is 32.5. The highest BCUT2D eigenvalue weighted by molar-refractivity contribution is 8.22. The number of amides is 2. The van der Waals surface area contributed by atoms with Crippen LogP contribution in [0.3, 0.4) is 0 Å². The van der Waals surface area contributed by atoms with Gasteiger partial charge >= 0.3 is 5.97 Å². The number of rotatable bonds is 15. The molecule has 2 heterocycles. The maximum atomic E-state index is 12.2. The van der Waals surface area contributed by atoms with E-state index >= 15 is 0 Å². The summed E-state index contributed by atoms with van der Waals surface area (Å²) in [5, 5.41) is 0.632. The Morgan fingerprint density at radius 1 is 0.739 bits per heavy atom. The highest BCUT2D eigenvalue weighted by Gasteiger charge is 2.33. The number of fused-ring (bicyclic) bond motifs is 2. The van der Waals surface area contributed by atoms with E-state index < -0.39 is 17.8 Å². The van der Waals surface area contributed by atoms with E-state index in [1.165, 1.54) is 37.9 Å². The number of thioether (sulfide) groups is 2. The fourth-order valence-corrected chi connectivity index (χ4v) is 8.23. The van der Waals surface area contributed by atoms with Crippen molar-refractivity contribution in [2.24, 2.45) is 0 Å². The predicted molar refractivity (Wildman–Crippen MR) is 189 cm³/mol. The number of quaternary nitrogens is 1. The number of hydroxylamine groups is 2. The van der Waals surface area contributed by atoms with Gasteiger partial charge in [-0.1, -0.05) is 73.2 Å². The third-order valence-corrected chi connectivity index (χ3v) is 10.6. The Bertz CT molecular complexity index is 1500. The van der Waals surface area contributed by atoms with Crippen molar-refractivity contribution >= 4 is 58.3 Å². The molecular formula is C37H44N3O4S2+. The van der Waals surface area contributed by atoms with Gasteiger partial charge in [-0.25, -0.2) is 4.79 Å². The van der Waals surface area contributed by atoms with Crippen LogP contribution in [0.1, 0.15) is 61.6 Å². The van der Waals surface area contributed by atoms with Gasteiger partial charge in [0.15, 0.2) is 0 Å². The molecule has 0 saturated carbocycles. The second-order valence-electron chi connectivity index (χ2n) is 12.7. The predicted octanol–water partition coefficient (Wildman–Crippen LogP) is 7.79. The summed E-state index contributed by atoms with van der Waals surface area (Å²) in [5.74, 6) is 0.560. The fourth-order valence-electron chi connectivity index (χ4n) is 5.68. The molecule has 2 amide bonds. The second kappa shape index (κ2) is 15.8. The van der Waals surface area contributed by atoms with Crippen molar-refractivity contribution in [1.29, 1.82) is 0 Å². The Morgan fingerprint density at radius 2 is 1.30 bits per heavy atom. The molecule has 3 aromatic carbocycles. The molecule has 0 atom stereocenters. The lowest BCUT2D eigenvalue weighted by Crippen LogP contribution is -2.35. The first kappa shape index (κ1) is 33.8. The number of carbonyl (C=O) groups excluding carboxylic acids is 3. The largest absolute Gasteiger partial charge is 0.336 e. The topological polar surface area (TPSA) is 66.9 Å². The van der Waals surface area contributed by atoms with Gasteiger partial charge in [0.2, 0.25) is 0 Å². The SMILES string of the molecule is C[N+](C)(C)CCCSC(SCCCCCC(=O)ON1C(=O)CCC1=O)=C1c2ccccc2N(Cc2ccccc2)c2ccccc21. The minimum atomic E-state index is -0.526. The van der Waals surface area contributed by atoms with E-state index in [4.69, 9.17) is 4.84 Å². The van der Waals surface area contributed by atoms with Gasteiger partial charge < -0.3 is 14.2 Å². The van der Waals surface area contributed by atoms with E-state index in [0.29, 0.717) is 11.5 Å². The summed E-state index contributed by atoms with van der Waals surface area (Å²) in [5.41, 5.74) is 7.53. The molecule has 0 N–H and O–H groups in total. The first-order chi connectivity index (χ1) is 22.2. The number of imide groups is 1. The van der Waals surface area contributed by atoms with Crippen LogP contribution in [0.15, 0.2) is 83.1 Å². The summed E-state index contributed by atoms with van der Waals surface area (Å²) in [4.78, 5) is 43.2. The molecule has 1 saturated heterocycles. The molecule has 0 bridgehead atoms. The van der Waals surface area contributed by atoms with Crippen LogP contribution in [-0.4, -0.2) is 66.5 Å². The number of para-hydroxylation sites is 2. The number of hydrogen-bond donors (Lipinski definition) is 0. The third kappa shape index (κ3) is 8.84. The van der Waals surface area contributed by atoms with Crippen LogP contribution in [0.25, 0.3) is 5.57 Å². The van der Waals surface area contributed by atoms with Gasteiger partial charge in [-0.3, -0.25) is 9.59 Å². The number of nitrogens with zero attached hydrogens (tertiary/aromatic N) is 3. The summed E-state index contributed by atoms with van der Waals surface area (Å²) in [6, 6.07) is 28.2. The Labute approximate surface area is 281 Å². The van der Waals surface area contributed by atoms with Gasteiger partial charge in [0.05, 0.1) is 27.7 Å². The minimum Gasteiger partial charge on any atom is -0.336 e. The van der Waals surface area contributed by atoms with Crippen LogP contribution in [-0.2, 0) is 25.8 Å². The molecule has 0 aliphatic carbocycles. The Kier molecular flexibility index (Phi) is 11.7. The fraction of sp³-hybridized carbons (Fsp3) is 0.378. The average molecular weight is 659 g/mol. The quantitative estimate of drug-likeness (QED) is 0.0939. The van der Waals surface area contributed by atoms with Gasteiger partial charge in [0.25, 0.3) is 11.8 Å². The lowest BCUT2D eigenvalue weighted by atomic mass is 9.91. The molecule has 0 aromatic heterocycles. The van der Waals surface area contributed by atoms with Crippen molar-refractivity contribution in [3.63, 3.8) is 0 Å². The van der Waals surface area contributed by atoms with Gasteiger partial charge in [-0.15, -0.1) is 28.6 Å². The molecular weight excluding hydrogens is 615 g/mol. The first-order valence-corrected chi connectivity index (χ1v) is 18.1. The monoisotopic (exact) mass is 658 g/mol. The molecule has 1 fully saturated rings.